The van der Waals surface area contributed by atoms with Crippen LogP contribution in [0.1, 0.15) is 35.3 Å². The summed E-state index contributed by atoms with van der Waals surface area (Å²) in [5.41, 5.74) is 0.380. The Balaban J connectivity index is 1.99. The Kier molecular flexibility index (Phi) is 4.80. The molecule has 0 radical (unpaired) electrons. The summed E-state index contributed by atoms with van der Waals surface area (Å²) in [7, 11) is 0. The second kappa shape index (κ2) is 6.83. The molecule has 0 aromatic heterocycles. The molecular weight excluding hydrogens is 377 g/mol. The maximum absolute atomic E-state index is 12.9. The van der Waals surface area contributed by atoms with Crippen molar-refractivity contribution in [3.05, 3.63) is 59.2 Å². The molecule has 0 spiro atoms. The van der Waals surface area contributed by atoms with Gasteiger partial charge in [-0.3, -0.25) is 14.8 Å². The topological polar surface area (TPSA) is 78.9 Å². The molecule has 2 aromatic carbocycles. The van der Waals surface area contributed by atoms with Crippen LogP contribution in [0.25, 0.3) is 0 Å². The second-order valence-corrected chi connectivity index (χ2v) is 6.82. The predicted octanol–water partition coefficient (Wildman–Crippen LogP) is 3.53. The van der Waals surface area contributed by atoms with Crippen LogP contribution in [-0.2, 0) is 17.5 Å². The van der Waals surface area contributed by atoms with Gasteiger partial charge >= 0.3 is 6.18 Å². The van der Waals surface area contributed by atoms with E-state index in [-0.39, 0.29) is 17.8 Å². The second-order valence-electron chi connectivity index (χ2n) is 6.82. The van der Waals surface area contributed by atoms with E-state index in [1.54, 1.807) is 13.8 Å². The van der Waals surface area contributed by atoms with Crippen LogP contribution in [0, 0.1) is 0 Å². The number of hydrogen-bond donors (Lipinski definition) is 2. The summed E-state index contributed by atoms with van der Waals surface area (Å²) >= 11 is 0. The van der Waals surface area contributed by atoms with Gasteiger partial charge in [-0.2, -0.15) is 13.2 Å². The number of halogens is 3. The molecule has 3 rings (SSSR count). The van der Waals surface area contributed by atoms with E-state index in [0.717, 1.165) is 12.1 Å². The number of nitrogens with zero attached hydrogens (tertiary/aromatic N) is 1. The fraction of sp³-hybridized carbons (Fsp3) is 0.263. The van der Waals surface area contributed by atoms with Gasteiger partial charge in [-0.05, 0) is 49.7 Å². The Morgan fingerprint density at radius 3 is 2.39 bits per heavy atom. The zero-order valence-electron chi connectivity index (χ0n) is 15.0. The molecule has 0 saturated carbocycles. The minimum Gasteiger partial charge on any atom is -0.476 e. The first-order chi connectivity index (χ1) is 13.0. The van der Waals surface area contributed by atoms with E-state index in [9.17, 15) is 22.8 Å². The van der Waals surface area contributed by atoms with Crippen molar-refractivity contribution in [3.8, 4) is 5.75 Å². The van der Waals surface area contributed by atoms with E-state index in [1.165, 1.54) is 40.7 Å². The number of anilines is 1. The number of fused-ring (bicyclic) bond motifs is 1. The normalized spacial score (nSPS) is 15.6. The number of amides is 2. The van der Waals surface area contributed by atoms with Crippen molar-refractivity contribution in [1.29, 1.82) is 0 Å². The average molecular weight is 394 g/mol. The fourth-order valence-electron chi connectivity index (χ4n) is 2.91. The van der Waals surface area contributed by atoms with Crippen molar-refractivity contribution < 1.29 is 32.7 Å². The number of hydrogen-bond acceptors (Lipinski definition) is 4. The van der Waals surface area contributed by atoms with Gasteiger partial charge in [0.15, 0.2) is 5.60 Å². The number of carbonyl (C=O) groups is 2. The first-order valence-corrected chi connectivity index (χ1v) is 8.28. The number of ether oxygens (including phenoxy) is 1. The van der Waals surface area contributed by atoms with Gasteiger partial charge in [0, 0.05) is 5.56 Å². The van der Waals surface area contributed by atoms with Crippen LogP contribution in [0.2, 0.25) is 0 Å². The summed E-state index contributed by atoms with van der Waals surface area (Å²) in [6.45, 7) is 3.14. The molecule has 1 aliphatic heterocycles. The summed E-state index contributed by atoms with van der Waals surface area (Å²) in [4.78, 5) is 25.9. The van der Waals surface area contributed by atoms with Crippen LogP contribution in [0.3, 0.4) is 0 Å². The Labute approximate surface area is 158 Å². The van der Waals surface area contributed by atoms with Crippen LogP contribution in [-0.4, -0.2) is 22.6 Å². The lowest BCUT2D eigenvalue weighted by molar-refractivity contribution is -0.137. The number of nitrogens with one attached hydrogen (secondary N) is 1. The summed E-state index contributed by atoms with van der Waals surface area (Å²) in [5, 5.41) is 8.82. The van der Waals surface area contributed by atoms with Gasteiger partial charge in [0.05, 0.1) is 17.8 Å². The van der Waals surface area contributed by atoms with Gasteiger partial charge in [-0.15, -0.1) is 0 Å². The molecule has 0 unspecified atom stereocenters. The molecular formula is C19H17F3N2O4. The number of carbonyl (C=O) groups excluding carboxylic acids is 2. The highest BCUT2D eigenvalue weighted by atomic mass is 19.4. The monoisotopic (exact) mass is 394 g/mol. The molecule has 1 heterocycles. The summed E-state index contributed by atoms with van der Waals surface area (Å²) in [5.74, 6) is -0.845. The van der Waals surface area contributed by atoms with Crippen LogP contribution in [0.15, 0.2) is 42.5 Å². The quantitative estimate of drug-likeness (QED) is 0.617. The van der Waals surface area contributed by atoms with Crippen molar-refractivity contribution >= 4 is 17.5 Å². The zero-order chi connectivity index (χ0) is 20.7. The van der Waals surface area contributed by atoms with E-state index in [2.05, 4.69) is 0 Å². The molecule has 0 bridgehead atoms. The maximum Gasteiger partial charge on any atom is 0.416 e. The number of rotatable bonds is 3. The first-order valence-electron chi connectivity index (χ1n) is 8.28. The Bertz CT molecular complexity index is 924. The minimum atomic E-state index is -4.45. The molecule has 2 N–H and O–H groups in total. The highest BCUT2D eigenvalue weighted by Gasteiger charge is 2.41. The standard InChI is InChI=1S/C19H17F3N2O4/c1-18(2)17(26)24(10-11-3-6-13(7-4-11)19(20,21)22)14-9-12(16(25)23-27)5-8-15(14)28-18/h3-9,27H,10H2,1-2H3,(H,23,25). The highest BCUT2D eigenvalue weighted by Crippen LogP contribution is 2.39. The Hall–Kier alpha value is -3.07. The lowest BCUT2D eigenvalue weighted by Gasteiger charge is -2.39. The SMILES string of the molecule is CC1(C)Oc2ccc(C(=O)NO)cc2N(Cc2ccc(C(F)(F)F)cc2)C1=O. The Morgan fingerprint density at radius 2 is 1.82 bits per heavy atom. The van der Waals surface area contributed by atoms with Crippen LogP contribution >= 0.6 is 0 Å². The maximum atomic E-state index is 12.9. The fourth-order valence-corrected chi connectivity index (χ4v) is 2.91. The van der Waals surface area contributed by atoms with Crippen molar-refractivity contribution in [3.63, 3.8) is 0 Å². The van der Waals surface area contributed by atoms with Gasteiger partial charge in [-0.1, -0.05) is 12.1 Å². The van der Waals surface area contributed by atoms with E-state index in [1.807, 2.05) is 0 Å². The van der Waals surface area contributed by atoms with E-state index >= 15 is 0 Å². The first kappa shape index (κ1) is 19.7. The van der Waals surface area contributed by atoms with Gasteiger partial charge in [0.2, 0.25) is 0 Å². The molecule has 2 aromatic rings. The molecule has 0 atom stereocenters. The van der Waals surface area contributed by atoms with Crippen molar-refractivity contribution in [1.82, 2.24) is 5.48 Å². The third-order valence-electron chi connectivity index (χ3n) is 4.36. The Morgan fingerprint density at radius 1 is 1.18 bits per heavy atom. The van der Waals surface area contributed by atoms with Gasteiger partial charge in [0.25, 0.3) is 11.8 Å². The lowest BCUT2D eigenvalue weighted by Crippen LogP contribution is -2.52. The third-order valence-corrected chi connectivity index (χ3v) is 4.36. The average Bonchev–Trinajstić information content (AvgIpc) is 2.64. The molecule has 9 heteroatoms. The molecule has 28 heavy (non-hydrogen) atoms. The van der Waals surface area contributed by atoms with Crippen molar-refractivity contribution in [2.24, 2.45) is 0 Å². The molecule has 0 aliphatic carbocycles. The minimum absolute atomic E-state index is 0.0129. The smallest absolute Gasteiger partial charge is 0.416 e. The molecule has 148 valence electrons. The molecule has 1 aliphatic rings. The lowest BCUT2D eigenvalue weighted by atomic mass is 10.0. The largest absolute Gasteiger partial charge is 0.476 e. The van der Waals surface area contributed by atoms with Gasteiger partial charge in [-0.25, -0.2) is 5.48 Å². The molecule has 0 fully saturated rings. The number of benzene rings is 2. The molecule has 6 nitrogen and oxygen atoms in total. The third kappa shape index (κ3) is 3.65. The predicted molar refractivity (Wildman–Crippen MR) is 93.0 cm³/mol. The van der Waals surface area contributed by atoms with Crippen molar-refractivity contribution in [2.45, 2.75) is 32.2 Å². The van der Waals surface area contributed by atoms with E-state index < -0.39 is 29.2 Å². The summed E-state index contributed by atoms with van der Waals surface area (Å²) in [6.07, 6.45) is -4.45. The molecule has 2 amide bonds. The van der Waals surface area contributed by atoms with Gasteiger partial charge < -0.3 is 9.64 Å². The van der Waals surface area contributed by atoms with E-state index in [4.69, 9.17) is 9.94 Å². The van der Waals surface area contributed by atoms with E-state index in [0.29, 0.717) is 11.3 Å². The highest BCUT2D eigenvalue weighted by molar-refractivity contribution is 6.04. The van der Waals surface area contributed by atoms with Gasteiger partial charge in [0.1, 0.15) is 5.75 Å². The number of hydroxylamine groups is 1. The summed E-state index contributed by atoms with van der Waals surface area (Å²) in [6, 6.07) is 8.77. The van der Waals surface area contributed by atoms with Crippen LogP contribution in [0.5, 0.6) is 5.75 Å². The molecule has 0 saturated heterocycles. The van der Waals surface area contributed by atoms with Crippen LogP contribution in [0.4, 0.5) is 18.9 Å². The zero-order valence-corrected chi connectivity index (χ0v) is 15.0. The summed E-state index contributed by atoms with van der Waals surface area (Å²) < 4.78 is 44.0. The van der Waals surface area contributed by atoms with Crippen LogP contribution < -0.4 is 15.1 Å². The number of alkyl halides is 3. The van der Waals surface area contributed by atoms with Crippen molar-refractivity contribution in [2.75, 3.05) is 4.90 Å².